The molecule has 2 aromatic carbocycles. The molecule has 4 nitrogen and oxygen atoms in total. The van der Waals surface area contributed by atoms with Gasteiger partial charge < -0.3 is 5.73 Å². The van der Waals surface area contributed by atoms with E-state index in [0.717, 1.165) is 16.7 Å². The molecule has 2 N–H and O–H groups in total. The molecule has 0 unspecified atom stereocenters. The summed E-state index contributed by atoms with van der Waals surface area (Å²) in [5.74, 6) is -0.458. The third kappa shape index (κ3) is 4.01. The van der Waals surface area contributed by atoms with Crippen LogP contribution in [0.4, 0.5) is 0 Å². The van der Waals surface area contributed by atoms with E-state index in [1.807, 2.05) is 36.4 Å². The summed E-state index contributed by atoms with van der Waals surface area (Å²) in [6.45, 7) is 0. The summed E-state index contributed by atoms with van der Waals surface area (Å²) in [5, 5.41) is 8.97. The van der Waals surface area contributed by atoms with Crippen molar-refractivity contribution in [2.45, 2.75) is 5.75 Å². The van der Waals surface area contributed by atoms with E-state index in [2.05, 4.69) is 6.07 Å². The number of nitrogens with zero attached hydrogens (tertiary/aromatic N) is 1. The molecule has 5 heteroatoms. The van der Waals surface area contributed by atoms with Gasteiger partial charge in [-0.3, -0.25) is 9.00 Å². The van der Waals surface area contributed by atoms with Gasteiger partial charge in [-0.1, -0.05) is 36.4 Å². The molecular weight excluding hydrogens is 284 g/mol. The zero-order valence-electron chi connectivity index (χ0n) is 11.3. The Hall–Kier alpha value is -2.45. The van der Waals surface area contributed by atoms with E-state index in [1.54, 1.807) is 12.1 Å². The summed E-state index contributed by atoms with van der Waals surface area (Å²) in [6, 6.07) is 16.9. The zero-order chi connectivity index (χ0) is 15.2. The van der Waals surface area contributed by atoms with Crippen molar-refractivity contribution < 1.29 is 9.00 Å². The number of carbonyl (C=O) groups excluding carboxylic acids is 1. The number of hydrogen-bond acceptors (Lipinski definition) is 3. The van der Waals surface area contributed by atoms with Crippen molar-refractivity contribution in [2.24, 2.45) is 5.73 Å². The second kappa shape index (κ2) is 6.82. The maximum atomic E-state index is 11.9. The summed E-state index contributed by atoms with van der Waals surface area (Å²) in [6.07, 6.45) is 0. The highest BCUT2D eigenvalue weighted by molar-refractivity contribution is 7.84. The average Bonchev–Trinajstić information content (AvgIpc) is 2.47. The van der Waals surface area contributed by atoms with Gasteiger partial charge in [-0.05, 0) is 28.8 Å². The molecule has 0 heterocycles. The van der Waals surface area contributed by atoms with Crippen LogP contribution in [-0.2, 0) is 21.3 Å². The van der Waals surface area contributed by atoms with Gasteiger partial charge in [0.05, 0.1) is 11.6 Å². The van der Waals surface area contributed by atoms with E-state index in [4.69, 9.17) is 11.0 Å². The monoisotopic (exact) mass is 298 g/mol. The molecule has 2 rings (SSSR count). The van der Waals surface area contributed by atoms with Crippen LogP contribution in [0.15, 0.2) is 48.5 Å². The van der Waals surface area contributed by atoms with Crippen LogP contribution in [0.2, 0.25) is 0 Å². The van der Waals surface area contributed by atoms with Crippen molar-refractivity contribution in [3.05, 3.63) is 59.7 Å². The molecule has 0 spiro atoms. The molecule has 2 aromatic rings. The van der Waals surface area contributed by atoms with Gasteiger partial charge in [-0.2, -0.15) is 5.26 Å². The van der Waals surface area contributed by atoms with Crippen LogP contribution >= 0.6 is 0 Å². The third-order valence-corrected chi connectivity index (χ3v) is 4.18. The lowest BCUT2D eigenvalue weighted by atomic mass is 9.99. The first-order valence-electron chi connectivity index (χ1n) is 6.32. The minimum atomic E-state index is -1.33. The first-order valence-corrected chi connectivity index (χ1v) is 7.80. The summed E-state index contributed by atoms with van der Waals surface area (Å²) >= 11 is 0. The predicted molar refractivity (Wildman–Crippen MR) is 82.5 cm³/mol. The number of primary amides is 1. The molecule has 1 amide bonds. The first-order chi connectivity index (χ1) is 10.1. The van der Waals surface area contributed by atoms with Crippen molar-refractivity contribution in [1.29, 1.82) is 5.26 Å². The number of benzene rings is 2. The van der Waals surface area contributed by atoms with E-state index in [-0.39, 0.29) is 11.5 Å². The minimum absolute atomic E-state index is 0.146. The van der Waals surface area contributed by atoms with Gasteiger partial charge >= 0.3 is 0 Å². The Labute approximate surface area is 125 Å². The fraction of sp³-hybridized carbons (Fsp3) is 0.125. The Morgan fingerprint density at radius 3 is 2.67 bits per heavy atom. The molecule has 0 aliphatic heterocycles. The van der Waals surface area contributed by atoms with Crippen molar-refractivity contribution in [2.75, 3.05) is 5.75 Å². The number of nitrogens with two attached hydrogens (primary N) is 1. The summed E-state index contributed by atoms with van der Waals surface area (Å²) in [5.41, 5.74) is 8.30. The van der Waals surface area contributed by atoms with Gasteiger partial charge in [-0.25, -0.2) is 0 Å². The van der Waals surface area contributed by atoms with E-state index in [1.165, 1.54) is 0 Å². The van der Waals surface area contributed by atoms with E-state index >= 15 is 0 Å². The number of amides is 1. The summed E-state index contributed by atoms with van der Waals surface area (Å²) < 4.78 is 11.9. The molecule has 0 fully saturated rings. The SMILES string of the molecule is N#Cc1cccc(-c2ccccc2C[S@](=O)CC(N)=O)c1. The highest BCUT2D eigenvalue weighted by atomic mass is 32.2. The van der Waals surface area contributed by atoms with Gasteiger partial charge in [0.2, 0.25) is 5.91 Å². The minimum Gasteiger partial charge on any atom is -0.369 e. The number of carbonyl (C=O) groups is 1. The highest BCUT2D eigenvalue weighted by Gasteiger charge is 2.10. The molecule has 0 aliphatic rings. The highest BCUT2D eigenvalue weighted by Crippen LogP contribution is 2.25. The van der Waals surface area contributed by atoms with Crippen LogP contribution in [0.25, 0.3) is 11.1 Å². The number of nitriles is 1. The fourth-order valence-corrected chi connectivity index (χ4v) is 3.09. The molecule has 0 aliphatic carbocycles. The van der Waals surface area contributed by atoms with Crippen molar-refractivity contribution in [1.82, 2.24) is 0 Å². The molecule has 0 saturated carbocycles. The van der Waals surface area contributed by atoms with Gasteiger partial charge in [0, 0.05) is 16.6 Å². The lowest BCUT2D eigenvalue weighted by Crippen LogP contribution is -2.20. The summed E-state index contributed by atoms with van der Waals surface area (Å²) in [4.78, 5) is 10.8. The molecule has 1 atom stereocenters. The normalized spacial score (nSPS) is 11.6. The second-order valence-electron chi connectivity index (χ2n) is 4.54. The van der Waals surface area contributed by atoms with Gasteiger partial charge in [0.15, 0.2) is 0 Å². The van der Waals surface area contributed by atoms with Crippen LogP contribution in [0.3, 0.4) is 0 Å². The van der Waals surface area contributed by atoms with Gasteiger partial charge in [0.1, 0.15) is 5.75 Å². The smallest absolute Gasteiger partial charge is 0.230 e. The largest absolute Gasteiger partial charge is 0.369 e. The fourth-order valence-electron chi connectivity index (χ4n) is 2.07. The zero-order valence-corrected chi connectivity index (χ0v) is 12.1. The van der Waals surface area contributed by atoms with Crippen LogP contribution in [-0.4, -0.2) is 15.9 Å². The standard InChI is InChI=1S/C16H14N2O2S/c17-9-12-4-3-6-13(8-12)15-7-2-1-5-14(15)10-21(20)11-16(18)19/h1-8H,10-11H2,(H2,18,19)/t21-/m0/s1. The molecule has 106 valence electrons. The van der Waals surface area contributed by atoms with E-state index in [0.29, 0.717) is 5.56 Å². The van der Waals surface area contributed by atoms with Crippen LogP contribution in [0, 0.1) is 11.3 Å². The molecule has 0 aromatic heterocycles. The van der Waals surface area contributed by atoms with E-state index < -0.39 is 16.7 Å². The first kappa shape index (κ1) is 14.9. The average molecular weight is 298 g/mol. The summed E-state index contributed by atoms with van der Waals surface area (Å²) in [7, 11) is -1.33. The lowest BCUT2D eigenvalue weighted by molar-refractivity contribution is -0.115. The topological polar surface area (TPSA) is 83.9 Å². The Morgan fingerprint density at radius 2 is 1.95 bits per heavy atom. The third-order valence-electron chi connectivity index (χ3n) is 2.94. The number of rotatable bonds is 5. The predicted octanol–water partition coefficient (Wildman–Crippen LogP) is 1.96. The molecule has 0 bridgehead atoms. The van der Waals surface area contributed by atoms with Crippen LogP contribution in [0.1, 0.15) is 11.1 Å². The molecule has 0 radical (unpaired) electrons. The van der Waals surface area contributed by atoms with Crippen molar-refractivity contribution in [3.63, 3.8) is 0 Å². The second-order valence-corrected chi connectivity index (χ2v) is 6.00. The van der Waals surface area contributed by atoms with Crippen molar-refractivity contribution >= 4 is 16.7 Å². The Morgan fingerprint density at radius 1 is 1.19 bits per heavy atom. The van der Waals surface area contributed by atoms with Crippen LogP contribution in [0.5, 0.6) is 0 Å². The quantitative estimate of drug-likeness (QED) is 0.915. The van der Waals surface area contributed by atoms with E-state index in [9.17, 15) is 9.00 Å². The Balaban J connectivity index is 2.34. The molecule has 0 saturated heterocycles. The number of hydrogen-bond donors (Lipinski definition) is 1. The maximum absolute atomic E-state index is 11.9. The lowest BCUT2D eigenvalue weighted by Gasteiger charge is -2.09. The van der Waals surface area contributed by atoms with Crippen LogP contribution < -0.4 is 5.73 Å². The molecule has 21 heavy (non-hydrogen) atoms. The maximum Gasteiger partial charge on any atom is 0.230 e. The van der Waals surface area contributed by atoms with Crippen molar-refractivity contribution in [3.8, 4) is 17.2 Å². The van der Waals surface area contributed by atoms with Gasteiger partial charge in [0.25, 0.3) is 0 Å². The Bertz CT molecular complexity index is 735. The Kier molecular flexibility index (Phi) is 4.85. The van der Waals surface area contributed by atoms with Gasteiger partial charge in [-0.15, -0.1) is 0 Å². The molecular formula is C16H14N2O2S.